The SMILES string of the molecule is CCC(C#N)C(=O)N(C)CC1CCN(C)CC1. The van der Waals surface area contributed by atoms with Gasteiger partial charge in [0.2, 0.25) is 5.91 Å². The van der Waals surface area contributed by atoms with Crippen molar-refractivity contribution in [2.24, 2.45) is 11.8 Å². The molecule has 1 aliphatic rings. The molecule has 0 N–H and O–H groups in total. The Bertz CT molecular complexity index is 290. The number of amides is 1. The Morgan fingerprint density at radius 2 is 2.12 bits per heavy atom. The minimum absolute atomic E-state index is 0.0195. The molecular formula is C13H23N3O. The van der Waals surface area contributed by atoms with Crippen LogP contribution in [0.1, 0.15) is 26.2 Å². The normalized spacial score (nSPS) is 19.6. The average molecular weight is 237 g/mol. The lowest BCUT2D eigenvalue weighted by atomic mass is 9.96. The molecule has 1 atom stereocenters. The van der Waals surface area contributed by atoms with Crippen molar-refractivity contribution < 1.29 is 4.79 Å². The molecule has 0 radical (unpaired) electrons. The standard InChI is InChI=1S/C13H23N3O/c1-4-12(9-14)13(17)16(3)10-11-5-7-15(2)8-6-11/h11-12H,4-8,10H2,1-3H3. The van der Waals surface area contributed by atoms with Crippen molar-refractivity contribution in [1.82, 2.24) is 9.80 Å². The summed E-state index contributed by atoms with van der Waals surface area (Å²) in [6, 6.07) is 2.08. The molecular weight excluding hydrogens is 214 g/mol. The van der Waals surface area contributed by atoms with Crippen molar-refractivity contribution in [3.05, 3.63) is 0 Å². The minimum Gasteiger partial charge on any atom is -0.344 e. The number of hydrogen-bond donors (Lipinski definition) is 0. The number of piperidine rings is 1. The van der Waals surface area contributed by atoms with Crippen LogP contribution >= 0.6 is 0 Å². The van der Waals surface area contributed by atoms with Crippen LogP contribution in [0, 0.1) is 23.2 Å². The fourth-order valence-corrected chi connectivity index (χ4v) is 2.31. The van der Waals surface area contributed by atoms with Crippen LogP contribution in [0.25, 0.3) is 0 Å². The van der Waals surface area contributed by atoms with Crippen molar-refractivity contribution in [2.75, 3.05) is 33.7 Å². The zero-order chi connectivity index (χ0) is 12.8. The minimum atomic E-state index is -0.466. The summed E-state index contributed by atoms with van der Waals surface area (Å²) in [5.41, 5.74) is 0. The Kier molecular flexibility index (Phi) is 5.43. The van der Waals surface area contributed by atoms with Gasteiger partial charge in [-0.25, -0.2) is 0 Å². The smallest absolute Gasteiger partial charge is 0.239 e. The Labute approximate surface area is 104 Å². The molecule has 0 spiro atoms. The first kappa shape index (κ1) is 14.0. The molecule has 0 aromatic heterocycles. The van der Waals surface area contributed by atoms with Crippen LogP contribution in [0.3, 0.4) is 0 Å². The maximum atomic E-state index is 11.9. The summed E-state index contributed by atoms with van der Waals surface area (Å²) in [6.07, 6.45) is 2.90. The van der Waals surface area contributed by atoms with Crippen molar-refractivity contribution >= 4 is 5.91 Å². The lowest BCUT2D eigenvalue weighted by Crippen LogP contribution is -2.39. The highest BCUT2D eigenvalue weighted by Gasteiger charge is 2.24. The summed E-state index contributed by atoms with van der Waals surface area (Å²) < 4.78 is 0. The van der Waals surface area contributed by atoms with E-state index in [0.717, 1.165) is 32.5 Å². The first-order valence-corrected chi connectivity index (χ1v) is 6.41. The molecule has 1 amide bonds. The van der Waals surface area contributed by atoms with Crippen molar-refractivity contribution in [2.45, 2.75) is 26.2 Å². The number of nitriles is 1. The molecule has 1 heterocycles. The van der Waals surface area contributed by atoms with E-state index in [0.29, 0.717) is 12.3 Å². The van der Waals surface area contributed by atoms with E-state index in [1.54, 1.807) is 4.90 Å². The maximum absolute atomic E-state index is 11.9. The van der Waals surface area contributed by atoms with Gasteiger partial charge in [0.05, 0.1) is 6.07 Å². The summed E-state index contributed by atoms with van der Waals surface area (Å²) in [6.45, 7) is 4.91. The predicted molar refractivity (Wildman–Crippen MR) is 67.3 cm³/mol. The van der Waals surface area contributed by atoms with E-state index in [9.17, 15) is 4.79 Å². The largest absolute Gasteiger partial charge is 0.344 e. The summed E-state index contributed by atoms with van der Waals surface area (Å²) in [5.74, 6) is 0.108. The Balaban J connectivity index is 2.41. The highest BCUT2D eigenvalue weighted by molar-refractivity contribution is 5.80. The summed E-state index contributed by atoms with van der Waals surface area (Å²) >= 11 is 0. The van der Waals surface area contributed by atoms with Crippen LogP contribution < -0.4 is 0 Å². The lowest BCUT2D eigenvalue weighted by molar-refractivity contribution is -0.133. The van der Waals surface area contributed by atoms with E-state index in [1.165, 1.54) is 0 Å². The van der Waals surface area contributed by atoms with E-state index in [1.807, 2.05) is 14.0 Å². The van der Waals surface area contributed by atoms with E-state index in [2.05, 4.69) is 18.0 Å². The number of carbonyl (C=O) groups excluding carboxylic acids is 1. The molecule has 4 heteroatoms. The van der Waals surface area contributed by atoms with Crippen LogP contribution in [0.5, 0.6) is 0 Å². The molecule has 1 unspecified atom stereocenters. The van der Waals surface area contributed by atoms with Gasteiger partial charge in [-0.05, 0) is 45.3 Å². The van der Waals surface area contributed by atoms with Crippen LogP contribution in [0.2, 0.25) is 0 Å². The highest BCUT2D eigenvalue weighted by Crippen LogP contribution is 2.18. The van der Waals surface area contributed by atoms with Crippen LogP contribution in [-0.4, -0.2) is 49.4 Å². The van der Waals surface area contributed by atoms with Gasteiger partial charge in [0.15, 0.2) is 0 Å². The van der Waals surface area contributed by atoms with Gasteiger partial charge < -0.3 is 9.80 Å². The predicted octanol–water partition coefficient (Wildman–Crippen LogP) is 1.34. The fraction of sp³-hybridized carbons (Fsp3) is 0.846. The van der Waals surface area contributed by atoms with Crippen molar-refractivity contribution in [1.29, 1.82) is 5.26 Å². The fourth-order valence-electron chi connectivity index (χ4n) is 2.31. The Morgan fingerprint density at radius 1 is 1.53 bits per heavy atom. The maximum Gasteiger partial charge on any atom is 0.239 e. The summed E-state index contributed by atoms with van der Waals surface area (Å²) in [5, 5.41) is 8.88. The quantitative estimate of drug-likeness (QED) is 0.741. The molecule has 4 nitrogen and oxygen atoms in total. The van der Waals surface area contributed by atoms with Crippen molar-refractivity contribution in [3.63, 3.8) is 0 Å². The number of rotatable bonds is 4. The zero-order valence-electron chi connectivity index (χ0n) is 11.1. The number of carbonyl (C=O) groups is 1. The average Bonchev–Trinajstić information content (AvgIpc) is 2.33. The molecule has 0 aliphatic carbocycles. The van der Waals surface area contributed by atoms with Gasteiger partial charge in [0, 0.05) is 13.6 Å². The van der Waals surface area contributed by atoms with E-state index < -0.39 is 5.92 Å². The molecule has 1 fully saturated rings. The van der Waals surface area contributed by atoms with Crippen molar-refractivity contribution in [3.8, 4) is 6.07 Å². The number of hydrogen-bond acceptors (Lipinski definition) is 3. The third-order valence-corrected chi connectivity index (χ3v) is 3.61. The van der Waals surface area contributed by atoms with E-state index in [4.69, 9.17) is 5.26 Å². The third kappa shape index (κ3) is 4.01. The van der Waals surface area contributed by atoms with Crippen LogP contribution in [0.4, 0.5) is 0 Å². The van der Waals surface area contributed by atoms with Crippen LogP contribution in [0.15, 0.2) is 0 Å². The van der Waals surface area contributed by atoms with Gasteiger partial charge in [0.1, 0.15) is 5.92 Å². The van der Waals surface area contributed by atoms with Gasteiger partial charge in [0.25, 0.3) is 0 Å². The van der Waals surface area contributed by atoms with Gasteiger partial charge in [-0.15, -0.1) is 0 Å². The van der Waals surface area contributed by atoms with E-state index in [-0.39, 0.29) is 5.91 Å². The summed E-state index contributed by atoms with van der Waals surface area (Å²) in [4.78, 5) is 16.0. The second-order valence-corrected chi connectivity index (χ2v) is 5.06. The van der Waals surface area contributed by atoms with Gasteiger partial charge >= 0.3 is 0 Å². The second kappa shape index (κ2) is 6.61. The zero-order valence-corrected chi connectivity index (χ0v) is 11.1. The molecule has 0 bridgehead atoms. The van der Waals surface area contributed by atoms with Gasteiger partial charge in [-0.1, -0.05) is 6.92 Å². The highest BCUT2D eigenvalue weighted by atomic mass is 16.2. The van der Waals surface area contributed by atoms with Gasteiger partial charge in [-0.3, -0.25) is 4.79 Å². The Hall–Kier alpha value is -1.08. The molecule has 17 heavy (non-hydrogen) atoms. The first-order chi connectivity index (χ1) is 8.08. The number of nitrogens with zero attached hydrogens (tertiary/aromatic N) is 3. The molecule has 0 aromatic carbocycles. The third-order valence-electron chi connectivity index (χ3n) is 3.61. The lowest BCUT2D eigenvalue weighted by Gasteiger charge is -2.32. The Morgan fingerprint density at radius 3 is 2.59 bits per heavy atom. The van der Waals surface area contributed by atoms with E-state index >= 15 is 0 Å². The molecule has 0 saturated carbocycles. The molecule has 0 aromatic rings. The van der Waals surface area contributed by atoms with Gasteiger partial charge in [-0.2, -0.15) is 5.26 Å². The number of likely N-dealkylation sites (tertiary alicyclic amines) is 1. The summed E-state index contributed by atoms with van der Waals surface area (Å²) in [7, 11) is 3.95. The molecule has 1 aliphatic heterocycles. The molecule has 1 saturated heterocycles. The molecule has 1 rings (SSSR count). The van der Waals surface area contributed by atoms with Crippen LogP contribution in [-0.2, 0) is 4.79 Å². The topological polar surface area (TPSA) is 47.3 Å². The molecule has 96 valence electrons. The first-order valence-electron chi connectivity index (χ1n) is 6.41. The second-order valence-electron chi connectivity index (χ2n) is 5.06. The monoisotopic (exact) mass is 237 g/mol.